The second kappa shape index (κ2) is 11.1. The highest BCUT2D eigenvalue weighted by Gasteiger charge is 2.17. The number of nitriles is 1. The lowest BCUT2D eigenvalue weighted by Gasteiger charge is -2.13. The largest absolute Gasteiger partial charge is 0.464 e. The van der Waals surface area contributed by atoms with Gasteiger partial charge in [0.2, 0.25) is 0 Å². The number of rotatable bonds is 8. The molecule has 0 amide bonds. The Kier molecular flexibility index (Phi) is 7.30. The maximum absolute atomic E-state index is 12.8. The van der Waals surface area contributed by atoms with Crippen molar-refractivity contribution >= 4 is 17.5 Å². The normalized spacial score (nSPS) is 10.7. The lowest BCUT2D eigenvalue weighted by molar-refractivity contribution is -0.116. The van der Waals surface area contributed by atoms with Gasteiger partial charge in [-0.15, -0.1) is 0 Å². The molecule has 0 N–H and O–H groups in total. The average molecular weight is 501 g/mol. The van der Waals surface area contributed by atoms with Gasteiger partial charge in [0.15, 0.2) is 0 Å². The Labute approximate surface area is 220 Å². The molecule has 0 unspecified atom stereocenters. The molecule has 0 saturated carbocycles. The number of ketones is 1. The van der Waals surface area contributed by atoms with Crippen molar-refractivity contribution in [3.05, 3.63) is 120 Å². The fourth-order valence-electron chi connectivity index (χ4n) is 4.11. The van der Waals surface area contributed by atoms with E-state index in [9.17, 15) is 10.1 Å². The van der Waals surface area contributed by atoms with E-state index >= 15 is 0 Å². The third-order valence-corrected chi connectivity index (χ3v) is 7.10. The van der Waals surface area contributed by atoms with Crippen LogP contribution in [0.4, 0.5) is 0 Å². The first-order valence-corrected chi connectivity index (χ1v) is 12.9. The van der Waals surface area contributed by atoms with Gasteiger partial charge in [-0.25, -0.2) is 4.98 Å². The number of benzene rings is 3. The maximum atomic E-state index is 12.8. The molecule has 4 nitrogen and oxygen atoms in total. The number of carbonyl (C=O) groups is 1. The summed E-state index contributed by atoms with van der Waals surface area (Å²) in [6.45, 7) is 2.03. The molecular formula is C32H24N2O2S. The van der Waals surface area contributed by atoms with Gasteiger partial charge in [-0.2, -0.15) is 5.26 Å². The van der Waals surface area contributed by atoms with Crippen LogP contribution in [-0.2, 0) is 11.2 Å². The van der Waals surface area contributed by atoms with Crippen molar-refractivity contribution in [3.63, 3.8) is 0 Å². The molecule has 0 aliphatic rings. The van der Waals surface area contributed by atoms with Crippen molar-refractivity contribution in [3.8, 4) is 39.8 Å². The maximum Gasteiger partial charge on any atom is 0.147 e. The van der Waals surface area contributed by atoms with Gasteiger partial charge in [0.05, 0.1) is 23.3 Å². The third kappa shape index (κ3) is 5.72. The summed E-state index contributed by atoms with van der Waals surface area (Å²) >= 11 is 1.32. The van der Waals surface area contributed by atoms with Crippen molar-refractivity contribution in [1.82, 2.24) is 4.98 Å². The summed E-state index contributed by atoms with van der Waals surface area (Å²) in [5.74, 6) is 1.12. The zero-order valence-electron chi connectivity index (χ0n) is 20.3. The van der Waals surface area contributed by atoms with Crippen LogP contribution in [-0.4, -0.2) is 16.5 Å². The summed E-state index contributed by atoms with van der Waals surface area (Å²) < 4.78 is 5.51. The first-order valence-electron chi connectivity index (χ1n) is 12.0. The number of carbonyl (C=O) groups excluding carboxylic acids is 1. The van der Waals surface area contributed by atoms with Gasteiger partial charge in [-0.05, 0) is 36.2 Å². The highest BCUT2D eigenvalue weighted by Crippen LogP contribution is 2.35. The number of nitrogens with zero attached hydrogens (tertiary/aromatic N) is 2. The van der Waals surface area contributed by atoms with Crippen LogP contribution < -0.4 is 0 Å². The second-order valence-electron chi connectivity index (χ2n) is 8.76. The van der Waals surface area contributed by atoms with Crippen LogP contribution in [0.1, 0.15) is 16.7 Å². The number of thioether (sulfide) groups is 1. The molecule has 2 aromatic heterocycles. The number of pyridine rings is 1. The van der Waals surface area contributed by atoms with Gasteiger partial charge in [0.25, 0.3) is 0 Å². The Morgan fingerprint density at radius 1 is 0.892 bits per heavy atom. The van der Waals surface area contributed by atoms with E-state index in [0.29, 0.717) is 17.0 Å². The van der Waals surface area contributed by atoms with Crippen molar-refractivity contribution in [2.45, 2.75) is 18.4 Å². The predicted octanol–water partition coefficient (Wildman–Crippen LogP) is 7.76. The van der Waals surface area contributed by atoms with E-state index in [1.807, 2.05) is 104 Å². The molecule has 5 heteroatoms. The molecule has 5 aromatic rings. The number of aromatic nitrogens is 1. The summed E-state index contributed by atoms with van der Waals surface area (Å²) in [4.78, 5) is 17.6. The van der Waals surface area contributed by atoms with Crippen LogP contribution in [0.25, 0.3) is 33.7 Å². The van der Waals surface area contributed by atoms with E-state index in [4.69, 9.17) is 9.40 Å². The monoisotopic (exact) mass is 500 g/mol. The van der Waals surface area contributed by atoms with Crippen molar-refractivity contribution in [2.75, 3.05) is 5.75 Å². The summed E-state index contributed by atoms with van der Waals surface area (Å²) in [5.41, 5.74) is 6.98. The third-order valence-electron chi connectivity index (χ3n) is 6.06. The van der Waals surface area contributed by atoms with E-state index in [2.05, 4.69) is 6.07 Å². The Hall–Kier alpha value is -4.40. The molecule has 5 rings (SSSR count). The lowest BCUT2D eigenvalue weighted by atomic mass is 9.98. The zero-order chi connectivity index (χ0) is 25.6. The number of hydrogen-bond donors (Lipinski definition) is 0. The molecule has 0 aliphatic heterocycles. The SMILES string of the molecule is Cc1ccc(CC(=O)CSc2nc(-c3ccccc3)cc(-c3ccc(-c4ccco4)cc3)c2C#N)cc1. The molecule has 0 atom stereocenters. The minimum absolute atomic E-state index is 0.0917. The Morgan fingerprint density at radius 2 is 1.62 bits per heavy atom. The molecule has 180 valence electrons. The molecule has 0 saturated heterocycles. The van der Waals surface area contributed by atoms with E-state index in [0.717, 1.165) is 44.8 Å². The summed E-state index contributed by atoms with van der Waals surface area (Å²) in [6.07, 6.45) is 2.00. The molecule has 0 aliphatic carbocycles. The fourth-order valence-corrected chi connectivity index (χ4v) is 4.97. The highest BCUT2D eigenvalue weighted by atomic mass is 32.2. The highest BCUT2D eigenvalue weighted by molar-refractivity contribution is 8.00. The van der Waals surface area contributed by atoms with Crippen LogP contribution >= 0.6 is 11.8 Å². The van der Waals surface area contributed by atoms with Crippen LogP contribution in [0.15, 0.2) is 113 Å². The van der Waals surface area contributed by atoms with Gasteiger partial charge < -0.3 is 4.42 Å². The first-order chi connectivity index (χ1) is 18.1. The van der Waals surface area contributed by atoms with Crippen molar-refractivity contribution in [1.29, 1.82) is 5.26 Å². The Morgan fingerprint density at radius 3 is 2.30 bits per heavy atom. The van der Waals surface area contributed by atoms with E-state index in [1.165, 1.54) is 11.8 Å². The smallest absolute Gasteiger partial charge is 0.147 e. The van der Waals surface area contributed by atoms with Crippen LogP contribution in [0.2, 0.25) is 0 Å². The topological polar surface area (TPSA) is 66.9 Å². The fraction of sp³-hybridized carbons (Fsp3) is 0.0938. The van der Waals surface area contributed by atoms with E-state index in [1.54, 1.807) is 6.26 Å². The molecule has 0 bridgehead atoms. The average Bonchev–Trinajstić information content (AvgIpc) is 3.48. The van der Waals surface area contributed by atoms with Crippen LogP contribution in [0, 0.1) is 18.3 Å². The van der Waals surface area contributed by atoms with Gasteiger partial charge in [0, 0.05) is 23.1 Å². The van der Waals surface area contributed by atoms with Crippen LogP contribution in [0.5, 0.6) is 0 Å². The predicted molar refractivity (Wildman–Crippen MR) is 148 cm³/mol. The zero-order valence-corrected chi connectivity index (χ0v) is 21.2. The summed E-state index contributed by atoms with van der Waals surface area (Å²) in [7, 11) is 0. The van der Waals surface area contributed by atoms with Crippen molar-refractivity contribution < 1.29 is 9.21 Å². The van der Waals surface area contributed by atoms with E-state index < -0.39 is 0 Å². The van der Waals surface area contributed by atoms with Gasteiger partial charge >= 0.3 is 0 Å². The summed E-state index contributed by atoms with van der Waals surface area (Å²) in [6, 6.07) is 33.9. The minimum atomic E-state index is 0.0917. The molecule has 0 radical (unpaired) electrons. The molecule has 0 fully saturated rings. The molecular weight excluding hydrogens is 476 g/mol. The quantitative estimate of drug-likeness (QED) is 0.204. The van der Waals surface area contributed by atoms with E-state index in [-0.39, 0.29) is 11.5 Å². The van der Waals surface area contributed by atoms with Crippen molar-refractivity contribution in [2.24, 2.45) is 0 Å². The Balaban J connectivity index is 1.48. The standard InChI is InChI=1S/C32H24N2O2S/c1-22-9-11-23(12-10-22)18-27(35)21-37-32-29(20-33)28(19-30(34-32)25-6-3-2-4-7-25)24-13-15-26(16-14-24)31-8-5-17-36-31/h2-17,19H,18,21H2,1H3. The van der Waals surface area contributed by atoms with Gasteiger partial charge in [0.1, 0.15) is 22.6 Å². The summed E-state index contributed by atoms with van der Waals surface area (Å²) in [5, 5.41) is 10.7. The molecule has 0 spiro atoms. The van der Waals surface area contributed by atoms with Crippen LogP contribution in [0.3, 0.4) is 0 Å². The lowest BCUT2D eigenvalue weighted by Crippen LogP contribution is -2.07. The molecule has 2 heterocycles. The minimum Gasteiger partial charge on any atom is -0.464 e. The van der Waals surface area contributed by atoms with Gasteiger partial charge in [-0.1, -0.05) is 96.2 Å². The van der Waals surface area contributed by atoms with Gasteiger partial charge in [-0.3, -0.25) is 4.79 Å². The number of furan rings is 1. The molecule has 37 heavy (non-hydrogen) atoms. The Bertz CT molecular complexity index is 1550. The molecule has 3 aromatic carbocycles. The number of hydrogen-bond acceptors (Lipinski definition) is 5. The second-order valence-corrected chi connectivity index (χ2v) is 9.72. The number of aryl methyl sites for hydroxylation is 1. The number of Topliss-reactive ketones (excluding diaryl/α,β-unsaturated/α-hetero) is 1. The first kappa shape index (κ1) is 24.3.